The van der Waals surface area contributed by atoms with E-state index in [0.717, 1.165) is 0 Å². The number of carbonyl (C=O) groups excluding carboxylic acids is 1. The largest absolute Gasteiger partial charge is 0.473 e. The molecule has 1 amide bonds. The van der Waals surface area contributed by atoms with Gasteiger partial charge in [-0.25, -0.2) is 9.59 Å². The Kier molecular flexibility index (Phi) is 4.47. The molecule has 0 saturated carbocycles. The molecule has 0 aliphatic rings. The summed E-state index contributed by atoms with van der Waals surface area (Å²) in [5.74, 6) is -3.98. The molecule has 1 aromatic rings. The average Bonchev–Trinajstić information content (AvgIpc) is 2.56. The van der Waals surface area contributed by atoms with Crippen LogP contribution in [-0.4, -0.2) is 28.1 Å². The van der Waals surface area contributed by atoms with Crippen LogP contribution in [0.4, 0.5) is 0 Å². The fraction of sp³-hybridized carbons (Fsp3) is 0. The normalized spacial score (nSPS) is 8.29. The second kappa shape index (κ2) is 5.36. The summed E-state index contributed by atoms with van der Waals surface area (Å²) in [7, 11) is 0. The molecule has 14 heavy (non-hydrogen) atoms. The predicted octanol–water partition coefficient (Wildman–Crippen LogP) is -0.466. The third-order valence-corrected chi connectivity index (χ3v) is 0.947. The fourth-order valence-corrected chi connectivity index (χ4v) is 0.419. The highest BCUT2D eigenvalue weighted by molar-refractivity contribution is 6.27. The van der Waals surface area contributed by atoms with Crippen LogP contribution in [0, 0.1) is 0 Å². The van der Waals surface area contributed by atoms with Gasteiger partial charge in [-0.2, -0.15) is 0 Å². The Morgan fingerprint density at radius 1 is 1.21 bits per heavy atom. The summed E-state index contributed by atoms with van der Waals surface area (Å²) in [4.78, 5) is 28.4. The Morgan fingerprint density at radius 3 is 1.86 bits per heavy atom. The number of hydrogen-bond donors (Lipinski definition) is 3. The van der Waals surface area contributed by atoms with Crippen LogP contribution in [-0.2, 0) is 9.59 Å². The van der Waals surface area contributed by atoms with Crippen molar-refractivity contribution in [1.82, 2.24) is 0 Å². The molecule has 0 atom stereocenters. The van der Waals surface area contributed by atoms with Crippen molar-refractivity contribution in [3.8, 4) is 0 Å². The Labute approximate surface area is 77.7 Å². The van der Waals surface area contributed by atoms with Gasteiger partial charge >= 0.3 is 11.9 Å². The Balaban J connectivity index is 0.000000255. The number of primary amides is 1. The van der Waals surface area contributed by atoms with E-state index in [1.807, 2.05) is 0 Å². The van der Waals surface area contributed by atoms with Gasteiger partial charge in [-0.1, -0.05) is 0 Å². The quantitative estimate of drug-likeness (QED) is 0.526. The third-order valence-electron chi connectivity index (χ3n) is 0.947. The van der Waals surface area contributed by atoms with E-state index in [-0.39, 0.29) is 5.76 Å². The van der Waals surface area contributed by atoms with E-state index >= 15 is 0 Å². The SMILES string of the molecule is NC(=O)c1ccco1.O=C(O)C(=O)O. The van der Waals surface area contributed by atoms with Crippen molar-refractivity contribution in [3.05, 3.63) is 24.2 Å². The zero-order valence-electron chi connectivity index (χ0n) is 6.84. The molecule has 7 nitrogen and oxygen atoms in total. The number of aliphatic carboxylic acids is 2. The molecule has 0 spiro atoms. The van der Waals surface area contributed by atoms with Crippen molar-refractivity contribution in [2.24, 2.45) is 5.73 Å². The van der Waals surface area contributed by atoms with Crippen LogP contribution in [0.1, 0.15) is 10.6 Å². The lowest BCUT2D eigenvalue weighted by Crippen LogP contribution is -2.09. The molecule has 0 aliphatic heterocycles. The summed E-state index contributed by atoms with van der Waals surface area (Å²) in [6.07, 6.45) is 1.40. The van der Waals surface area contributed by atoms with Gasteiger partial charge in [-0.15, -0.1) is 0 Å². The molecule has 7 heteroatoms. The first-order chi connectivity index (χ1) is 6.45. The summed E-state index contributed by atoms with van der Waals surface area (Å²) in [6.45, 7) is 0. The van der Waals surface area contributed by atoms with E-state index in [1.165, 1.54) is 12.3 Å². The van der Waals surface area contributed by atoms with E-state index in [9.17, 15) is 4.79 Å². The molecule has 76 valence electrons. The zero-order chi connectivity index (χ0) is 11.1. The molecule has 1 heterocycles. The van der Waals surface area contributed by atoms with Gasteiger partial charge in [0.1, 0.15) is 0 Å². The monoisotopic (exact) mass is 201 g/mol. The minimum absolute atomic E-state index is 0.199. The standard InChI is InChI=1S/C5H5NO2.C2H2O4/c6-5(7)4-2-1-3-8-4;3-1(4)2(5)6/h1-3H,(H2,6,7);(H,3,4)(H,5,6). The van der Waals surface area contributed by atoms with Crippen LogP contribution in [0.5, 0.6) is 0 Å². The molecule has 1 aromatic heterocycles. The maximum atomic E-state index is 10.2. The Hall–Kier alpha value is -2.31. The van der Waals surface area contributed by atoms with Gasteiger partial charge in [0, 0.05) is 0 Å². The van der Waals surface area contributed by atoms with E-state index in [4.69, 9.17) is 25.5 Å². The van der Waals surface area contributed by atoms with Gasteiger partial charge in [0.25, 0.3) is 5.91 Å². The fourth-order valence-electron chi connectivity index (χ4n) is 0.419. The van der Waals surface area contributed by atoms with Gasteiger partial charge in [-0.3, -0.25) is 4.79 Å². The highest BCUT2D eigenvalue weighted by Crippen LogP contribution is 1.96. The number of nitrogens with two attached hydrogens (primary N) is 1. The number of carboxylic acids is 2. The van der Waals surface area contributed by atoms with E-state index in [1.54, 1.807) is 6.07 Å². The summed E-state index contributed by atoms with van der Waals surface area (Å²) >= 11 is 0. The number of furan rings is 1. The summed E-state index contributed by atoms with van der Waals surface area (Å²) in [5.41, 5.74) is 4.83. The number of carbonyl (C=O) groups is 3. The van der Waals surface area contributed by atoms with Gasteiger partial charge in [-0.05, 0) is 12.1 Å². The van der Waals surface area contributed by atoms with Crippen molar-refractivity contribution < 1.29 is 29.0 Å². The number of carboxylic acid groups (broad SMARTS) is 2. The highest BCUT2D eigenvalue weighted by Gasteiger charge is 2.04. The smallest absolute Gasteiger partial charge is 0.414 e. The summed E-state index contributed by atoms with van der Waals surface area (Å²) in [5, 5.41) is 14.8. The highest BCUT2D eigenvalue weighted by atomic mass is 16.4. The van der Waals surface area contributed by atoms with Crippen molar-refractivity contribution >= 4 is 17.8 Å². The lowest BCUT2D eigenvalue weighted by Gasteiger charge is -1.80. The summed E-state index contributed by atoms with van der Waals surface area (Å²) < 4.78 is 4.62. The van der Waals surface area contributed by atoms with Gasteiger partial charge < -0.3 is 20.4 Å². The molecule has 0 radical (unpaired) electrons. The van der Waals surface area contributed by atoms with Crippen LogP contribution < -0.4 is 5.73 Å². The van der Waals surface area contributed by atoms with E-state index in [2.05, 4.69) is 4.42 Å². The second-order valence-electron chi connectivity index (χ2n) is 1.95. The molecule has 4 N–H and O–H groups in total. The second-order valence-corrected chi connectivity index (χ2v) is 1.95. The third kappa shape index (κ3) is 4.54. The van der Waals surface area contributed by atoms with E-state index in [0.29, 0.717) is 0 Å². The maximum Gasteiger partial charge on any atom is 0.414 e. The molecule has 0 aliphatic carbocycles. The van der Waals surface area contributed by atoms with Gasteiger partial charge in [0.15, 0.2) is 5.76 Å². The molecule has 0 bridgehead atoms. The van der Waals surface area contributed by atoms with Crippen molar-refractivity contribution in [1.29, 1.82) is 0 Å². The number of amides is 1. The van der Waals surface area contributed by atoms with Crippen LogP contribution in [0.2, 0.25) is 0 Å². The Morgan fingerprint density at radius 2 is 1.71 bits per heavy atom. The van der Waals surface area contributed by atoms with Crippen molar-refractivity contribution in [2.45, 2.75) is 0 Å². The van der Waals surface area contributed by atoms with Crippen molar-refractivity contribution in [3.63, 3.8) is 0 Å². The van der Waals surface area contributed by atoms with E-state index < -0.39 is 17.8 Å². The lowest BCUT2D eigenvalue weighted by molar-refractivity contribution is -0.159. The summed E-state index contributed by atoms with van der Waals surface area (Å²) in [6, 6.07) is 3.13. The van der Waals surface area contributed by atoms with Gasteiger partial charge in [0.2, 0.25) is 0 Å². The molecule has 0 saturated heterocycles. The molecular formula is C7H7NO6. The van der Waals surface area contributed by atoms with Crippen LogP contribution >= 0.6 is 0 Å². The number of rotatable bonds is 1. The molecule has 0 unspecified atom stereocenters. The minimum Gasteiger partial charge on any atom is -0.473 e. The minimum atomic E-state index is -1.82. The maximum absolute atomic E-state index is 10.2. The van der Waals surface area contributed by atoms with Crippen LogP contribution in [0.3, 0.4) is 0 Å². The lowest BCUT2D eigenvalue weighted by atomic mass is 10.4. The first kappa shape index (κ1) is 11.7. The Bertz CT molecular complexity index is 316. The topological polar surface area (TPSA) is 131 Å². The zero-order valence-corrected chi connectivity index (χ0v) is 6.84. The molecule has 1 rings (SSSR count). The van der Waals surface area contributed by atoms with Crippen LogP contribution in [0.15, 0.2) is 22.8 Å². The first-order valence-electron chi connectivity index (χ1n) is 3.24. The predicted molar refractivity (Wildman–Crippen MR) is 42.5 cm³/mol. The molecule has 0 fully saturated rings. The first-order valence-corrected chi connectivity index (χ1v) is 3.24. The van der Waals surface area contributed by atoms with Gasteiger partial charge in [0.05, 0.1) is 6.26 Å². The average molecular weight is 201 g/mol. The molecule has 0 aromatic carbocycles. The number of hydrogen-bond acceptors (Lipinski definition) is 4. The molecular weight excluding hydrogens is 194 g/mol. The van der Waals surface area contributed by atoms with Crippen molar-refractivity contribution in [2.75, 3.05) is 0 Å². The van der Waals surface area contributed by atoms with Crippen LogP contribution in [0.25, 0.3) is 0 Å².